The molecule has 0 N–H and O–H groups in total. The van der Waals surface area contributed by atoms with E-state index >= 15 is 0 Å². The van der Waals surface area contributed by atoms with E-state index in [1.54, 1.807) is 7.11 Å². The minimum atomic E-state index is -0.510. The lowest BCUT2D eigenvalue weighted by molar-refractivity contribution is -0.224. The molecule has 0 saturated carbocycles. The van der Waals surface area contributed by atoms with E-state index in [4.69, 9.17) is 18.9 Å². The van der Waals surface area contributed by atoms with E-state index in [1.165, 1.54) is 0 Å². The maximum Gasteiger partial charge on any atom is 0.186 e. The average molecular weight is 188 g/mol. The predicted molar refractivity (Wildman–Crippen MR) is 45.2 cm³/mol. The van der Waals surface area contributed by atoms with Gasteiger partial charge in [-0.2, -0.15) is 0 Å². The van der Waals surface area contributed by atoms with Gasteiger partial charge in [-0.15, -0.1) is 0 Å². The van der Waals surface area contributed by atoms with Gasteiger partial charge in [-0.3, -0.25) is 0 Å². The van der Waals surface area contributed by atoms with Crippen LogP contribution in [-0.2, 0) is 18.9 Å². The van der Waals surface area contributed by atoms with E-state index in [-0.39, 0.29) is 24.6 Å². The molecule has 1 unspecified atom stereocenters. The lowest BCUT2D eigenvalue weighted by atomic mass is 10.2. The fourth-order valence-corrected chi connectivity index (χ4v) is 1.95. The lowest BCUT2D eigenvalue weighted by Gasteiger charge is -2.22. The van der Waals surface area contributed by atoms with Crippen molar-refractivity contribution in [1.82, 2.24) is 0 Å². The van der Waals surface area contributed by atoms with Gasteiger partial charge < -0.3 is 18.9 Å². The predicted octanol–water partition coefficient (Wildman–Crippen LogP) is 0.898. The number of ether oxygens (including phenoxy) is 4. The van der Waals surface area contributed by atoms with Crippen molar-refractivity contribution in [1.29, 1.82) is 0 Å². The third-order valence-electron chi connectivity index (χ3n) is 2.48. The quantitative estimate of drug-likeness (QED) is 0.612. The van der Waals surface area contributed by atoms with E-state index in [2.05, 4.69) is 0 Å². The maximum atomic E-state index is 5.69. The standard InChI is InChI=1S/C9H16O4/c1-5-6-7(8(10-4)11-5)13-9(2,3)12-6/h5-8H,1-4H3/t5-,6-,7?,8-/m1/s1. The van der Waals surface area contributed by atoms with Crippen LogP contribution in [0.3, 0.4) is 0 Å². The maximum absolute atomic E-state index is 5.69. The van der Waals surface area contributed by atoms with E-state index in [0.29, 0.717) is 0 Å². The molecule has 76 valence electrons. The summed E-state index contributed by atoms with van der Waals surface area (Å²) in [6, 6.07) is 0. The van der Waals surface area contributed by atoms with Crippen molar-refractivity contribution in [3.8, 4) is 0 Å². The zero-order valence-electron chi connectivity index (χ0n) is 8.44. The summed E-state index contributed by atoms with van der Waals surface area (Å²) in [5.41, 5.74) is 0. The van der Waals surface area contributed by atoms with Crippen LogP contribution in [0, 0.1) is 0 Å². The van der Waals surface area contributed by atoms with E-state index in [1.807, 2.05) is 20.8 Å². The highest BCUT2D eigenvalue weighted by molar-refractivity contribution is 4.93. The van der Waals surface area contributed by atoms with Crippen molar-refractivity contribution < 1.29 is 18.9 Å². The smallest absolute Gasteiger partial charge is 0.186 e. The molecule has 0 spiro atoms. The molecular formula is C9H16O4. The first-order valence-electron chi connectivity index (χ1n) is 4.57. The van der Waals surface area contributed by atoms with Crippen molar-refractivity contribution in [3.63, 3.8) is 0 Å². The van der Waals surface area contributed by atoms with Crippen LogP contribution in [0.1, 0.15) is 20.8 Å². The molecule has 0 aromatic heterocycles. The van der Waals surface area contributed by atoms with Crippen LogP contribution in [0.4, 0.5) is 0 Å². The zero-order valence-corrected chi connectivity index (χ0v) is 8.44. The van der Waals surface area contributed by atoms with Gasteiger partial charge in [0, 0.05) is 7.11 Å². The first-order chi connectivity index (χ1) is 6.03. The Bertz CT molecular complexity index is 204. The van der Waals surface area contributed by atoms with Gasteiger partial charge in [-0.1, -0.05) is 0 Å². The molecule has 2 rings (SSSR count). The van der Waals surface area contributed by atoms with Crippen LogP contribution in [0.25, 0.3) is 0 Å². The number of hydrogen-bond donors (Lipinski definition) is 0. The van der Waals surface area contributed by atoms with Crippen molar-refractivity contribution in [3.05, 3.63) is 0 Å². The summed E-state index contributed by atoms with van der Waals surface area (Å²) in [6.45, 7) is 5.79. The third-order valence-corrected chi connectivity index (χ3v) is 2.48. The molecule has 4 nitrogen and oxygen atoms in total. The van der Waals surface area contributed by atoms with Gasteiger partial charge in [-0.05, 0) is 20.8 Å². The number of rotatable bonds is 1. The van der Waals surface area contributed by atoms with Crippen molar-refractivity contribution in [2.75, 3.05) is 7.11 Å². The molecule has 0 radical (unpaired) electrons. The van der Waals surface area contributed by atoms with Crippen LogP contribution in [0.2, 0.25) is 0 Å². The SMILES string of the molecule is CO[C@@H]1O[C@H](C)[C@H]2OC(C)(C)OC12. The molecule has 0 aliphatic carbocycles. The van der Waals surface area contributed by atoms with E-state index < -0.39 is 5.79 Å². The highest BCUT2D eigenvalue weighted by Gasteiger charge is 2.53. The Morgan fingerprint density at radius 2 is 1.77 bits per heavy atom. The molecule has 2 saturated heterocycles. The van der Waals surface area contributed by atoms with Crippen LogP contribution in [0.15, 0.2) is 0 Å². The summed E-state index contributed by atoms with van der Waals surface area (Å²) in [5, 5.41) is 0. The average Bonchev–Trinajstić information content (AvgIpc) is 2.47. The van der Waals surface area contributed by atoms with Crippen LogP contribution in [0.5, 0.6) is 0 Å². The van der Waals surface area contributed by atoms with Gasteiger partial charge in [0.25, 0.3) is 0 Å². The fraction of sp³-hybridized carbons (Fsp3) is 1.00. The Morgan fingerprint density at radius 3 is 2.38 bits per heavy atom. The summed E-state index contributed by atoms with van der Waals surface area (Å²) in [5.74, 6) is -0.510. The molecule has 4 atom stereocenters. The largest absolute Gasteiger partial charge is 0.353 e. The van der Waals surface area contributed by atoms with Crippen molar-refractivity contribution in [2.24, 2.45) is 0 Å². The molecule has 2 aliphatic heterocycles. The monoisotopic (exact) mass is 188 g/mol. The molecular weight excluding hydrogens is 172 g/mol. The molecule has 0 aromatic rings. The molecule has 2 heterocycles. The molecule has 4 heteroatoms. The molecule has 2 aliphatic rings. The zero-order chi connectivity index (χ0) is 9.64. The Balaban J connectivity index is 2.12. The molecule has 13 heavy (non-hydrogen) atoms. The van der Waals surface area contributed by atoms with Crippen molar-refractivity contribution in [2.45, 2.75) is 51.2 Å². The minimum Gasteiger partial charge on any atom is -0.353 e. The topological polar surface area (TPSA) is 36.9 Å². The number of hydrogen-bond acceptors (Lipinski definition) is 4. The Hall–Kier alpha value is -0.160. The van der Waals surface area contributed by atoms with Gasteiger partial charge in [0.15, 0.2) is 12.1 Å². The number of methoxy groups -OCH3 is 1. The van der Waals surface area contributed by atoms with Gasteiger partial charge in [0.05, 0.1) is 6.10 Å². The molecule has 0 bridgehead atoms. The second-order valence-corrected chi connectivity index (χ2v) is 4.01. The minimum absolute atomic E-state index is 0.0000463. The van der Waals surface area contributed by atoms with Crippen LogP contribution >= 0.6 is 0 Å². The second-order valence-electron chi connectivity index (χ2n) is 4.01. The van der Waals surface area contributed by atoms with Gasteiger partial charge in [0.1, 0.15) is 12.2 Å². The molecule has 0 amide bonds. The van der Waals surface area contributed by atoms with E-state index in [9.17, 15) is 0 Å². The van der Waals surface area contributed by atoms with E-state index in [0.717, 1.165) is 0 Å². The Labute approximate surface area is 78.1 Å². The summed E-state index contributed by atoms with van der Waals surface area (Å²) in [7, 11) is 1.62. The van der Waals surface area contributed by atoms with Crippen molar-refractivity contribution >= 4 is 0 Å². The second kappa shape index (κ2) is 2.92. The van der Waals surface area contributed by atoms with Crippen LogP contribution < -0.4 is 0 Å². The van der Waals surface area contributed by atoms with Gasteiger partial charge in [-0.25, -0.2) is 0 Å². The highest BCUT2D eigenvalue weighted by atomic mass is 16.8. The number of fused-ring (bicyclic) bond motifs is 1. The first-order valence-corrected chi connectivity index (χ1v) is 4.57. The normalized spacial score (nSPS) is 48.0. The summed E-state index contributed by atoms with van der Waals surface area (Å²) in [4.78, 5) is 0. The Morgan fingerprint density at radius 1 is 1.15 bits per heavy atom. The van der Waals surface area contributed by atoms with Gasteiger partial charge in [0.2, 0.25) is 0 Å². The molecule has 2 fully saturated rings. The van der Waals surface area contributed by atoms with Crippen LogP contribution in [-0.4, -0.2) is 37.5 Å². The molecule has 0 aromatic carbocycles. The first kappa shape index (κ1) is 9.40. The third kappa shape index (κ3) is 1.48. The highest BCUT2D eigenvalue weighted by Crippen LogP contribution is 2.38. The van der Waals surface area contributed by atoms with Gasteiger partial charge >= 0.3 is 0 Å². The lowest BCUT2D eigenvalue weighted by Crippen LogP contribution is -2.30. The summed E-state index contributed by atoms with van der Waals surface area (Å²) >= 11 is 0. The Kier molecular flexibility index (Phi) is 2.11. The summed E-state index contributed by atoms with van der Waals surface area (Å²) < 4.78 is 22.0. The fourth-order valence-electron chi connectivity index (χ4n) is 1.95. The summed E-state index contributed by atoms with van der Waals surface area (Å²) in [6.07, 6.45) is -0.339.